The molecule has 1 atom stereocenters. The molecular weight excluding hydrogens is 525 g/mol. The predicted octanol–water partition coefficient (Wildman–Crippen LogP) is 3.60. The van der Waals surface area contributed by atoms with Crippen molar-refractivity contribution in [2.45, 2.75) is 37.3 Å². The topological polar surface area (TPSA) is 137 Å². The number of carbonyl (C=O) groups excluding carboxylic acids is 1. The number of aryl methyl sites for hydroxylation is 1. The number of hydrogen-bond donors (Lipinski definition) is 2. The smallest absolute Gasteiger partial charge is 0.383 e. The number of anilines is 2. The Morgan fingerprint density at radius 2 is 1.89 bits per heavy atom. The number of nitrogens with zero attached hydrogens (tertiary/aromatic N) is 7. The Labute approximate surface area is 209 Å². The van der Waals surface area contributed by atoms with Crippen LogP contribution in [0.15, 0.2) is 30.9 Å². The van der Waals surface area contributed by atoms with E-state index in [2.05, 4.69) is 35.3 Å². The van der Waals surface area contributed by atoms with Gasteiger partial charge in [-0.05, 0) is 25.5 Å². The number of nitrogens with two attached hydrogens (primary N) is 1. The van der Waals surface area contributed by atoms with Gasteiger partial charge in [-0.2, -0.15) is 27.1 Å². The second-order valence-corrected chi connectivity index (χ2v) is 8.84. The summed E-state index contributed by atoms with van der Waals surface area (Å²) in [5.74, 6) is -5.56. The summed E-state index contributed by atoms with van der Waals surface area (Å²) in [6, 6.07) is 3.13. The summed E-state index contributed by atoms with van der Waals surface area (Å²) in [4.78, 5) is 33.8. The number of hydrogen-bond acceptors (Lipinski definition) is 8. The molecule has 3 N–H and O–H groups in total. The summed E-state index contributed by atoms with van der Waals surface area (Å²) in [5.41, 5.74) is 5.25. The highest BCUT2D eigenvalue weighted by Gasteiger charge is 2.56. The number of alkyl halides is 5. The zero-order valence-corrected chi connectivity index (χ0v) is 19.4. The Bertz CT molecular complexity index is 1540. The highest BCUT2D eigenvalue weighted by molar-refractivity contribution is 6.30. The Hall–Kier alpha value is -4.01. The van der Waals surface area contributed by atoms with Crippen molar-refractivity contribution >= 4 is 34.8 Å². The molecule has 0 aromatic carbocycles. The number of nitrogen functional groups attached to an aromatic ring is 1. The summed E-state index contributed by atoms with van der Waals surface area (Å²) >= 11 is 5.91. The normalized spacial score (nSPS) is 17.8. The third-order valence-electron chi connectivity index (χ3n) is 6.01. The zero-order valence-electron chi connectivity index (χ0n) is 18.7. The fraction of sp³-hybridized carbons (Fsp3) is 0.286. The third kappa shape index (κ3) is 3.98. The molecule has 4 aromatic heterocycles. The maximum absolute atomic E-state index is 13.6. The van der Waals surface area contributed by atoms with Gasteiger partial charge in [0.2, 0.25) is 5.91 Å². The van der Waals surface area contributed by atoms with Crippen LogP contribution >= 0.6 is 11.6 Å². The average Bonchev–Trinajstić information content (AvgIpc) is 3.40. The zero-order chi connectivity index (χ0) is 26.8. The molecule has 0 saturated carbocycles. The molecule has 0 aliphatic carbocycles. The van der Waals surface area contributed by atoms with Crippen LogP contribution in [0, 0.1) is 0 Å². The summed E-state index contributed by atoms with van der Waals surface area (Å²) in [6.07, 6.45) is -4.25. The lowest BCUT2D eigenvalue weighted by atomic mass is 9.81. The van der Waals surface area contributed by atoms with Crippen molar-refractivity contribution in [3.63, 3.8) is 0 Å². The molecule has 0 radical (unpaired) electrons. The van der Waals surface area contributed by atoms with Crippen LogP contribution in [0.5, 0.6) is 0 Å². The Kier molecular flexibility index (Phi) is 5.51. The van der Waals surface area contributed by atoms with Gasteiger partial charge in [-0.15, -0.1) is 0 Å². The number of pyridine rings is 1. The van der Waals surface area contributed by atoms with Crippen molar-refractivity contribution in [2.75, 3.05) is 11.1 Å². The molecule has 1 aliphatic heterocycles. The van der Waals surface area contributed by atoms with Crippen LogP contribution in [0.2, 0.25) is 5.02 Å². The summed E-state index contributed by atoms with van der Waals surface area (Å²) in [5, 5.41) is 6.91. The molecule has 0 bridgehead atoms. The molecule has 0 fully saturated rings. The van der Waals surface area contributed by atoms with Crippen molar-refractivity contribution in [1.29, 1.82) is 0 Å². The van der Waals surface area contributed by atoms with E-state index < -0.39 is 36.3 Å². The standard InChI is InChI=1S/C21H15ClF5N9O/c1-19(12-3-2-9(22)6-29-12)13-14(28)33-15(34-16(13)35-18(19)37)11-7-36-17(30-8-31-36)10(32-11)4-5-20(23,24)21(25,26)27/h2-3,6-8H,4-5H2,1H3,(H3,28,33,34,35,37). The van der Waals surface area contributed by atoms with E-state index >= 15 is 0 Å². The summed E-state index contributed by atoms with van der Waals surface area (Å²) in [6.45, 7) is 1.59. The van der Waals surface area contributed by atoms with Gasteiger partial charge in [-0.1, -0.05) is 11.6 Å². The quantitative estimate of drug-likeness (QED) is 0.367. The molecule has 16 heteroatoms. The van der Waals surface area contributed by atoms with E-state index in [0.29, 0.717) is 10.7 Å². The molecule has 10 nitrogen and oxygen atoms in total. The fourth-order valence-corrected chi connectivity index (χ4v) is 4.13. The first-order valence-electron chi connectivity index (χ1n) is 10.6. The number of nitrogens with one attached hydrogen (secondary N) is 1. The van der Waals surface area contributed by atoms with Gasteiger partial charge in [0.15, 0.2) is 11.5 Å². The van der Waals surface area contributed by atoms with Crippen LogP contribution in [0.1, 0.15) is 30.3 Å². The van der Waals surface area contributed by atoms with Crippen molar-refractivity contribution < 1.29 is 26.7 Å². The van der Waals surface area contributed by atoms with Crippen LogP contribution in [0.25, 0.3) is 17.2 Å². The van der Waals surface area contributed by atoms with Crippen LogP contribution in [0.3, 0.4) is 0 Å². The molecular formula is C21H15ClF5N9O. The number of amides is 1. The number of rotatable bonds is 5. The van der Waals surface area contributed by atoms with E-state index in [4.69, 9.17) is 17.3 Å². The van der Waals surface area contributed by atoms with Gasteiger partial charge in [0.05, 0.1) is 28.2 Å². The number of aromatic nitrogens is 7. The minimum absolute atomic E-state index is 0.00875. The highest BCUT2D eigenvalue weighted by Crippen LogP contribution is 2.44. The molecule has 192 valence electrons. The Morgan fingerprint density at radius 1 is 1.14 bits per heavy atom. The molecule has 4 aromatic rings. The van der Waals surface area contributed by atoms with Crippen LogP contribution < -0.4 is 11.1 Å². The Balaban J connectivity index is 1.57. The number of carbonyl (C=O) groups is 1. The summed E-state index contributed by atoms with van der Waals surface area (Å²) < 4.78 is 66.2. The van der Waals surface area contributed by atoms with Gasteiger partial charge in [-0.3, -0.25) is 9.78 Å². The van der Waals surface area contributed by atoms with E-state index in [9.17, 15) is 26.7 Å². The van der Waals surface area contributed by atoms with E-state index in [-0.39, 0.29) is 40.1 Å². The van der Waals surface area contributed by atoms with Gasteiger partial charge in [-0.25, -0.2) is 24.5 Å². The lowest BCUT2D eigenvalue weighted by molar-refractivity contribution is -0.284. The van der Waals surface area contributed by atoms with Gasteiger partial charge in [0, 0.05) is 12.6 Å². The molecule has 37 heavy (non-hydrogen) atoms. The molecule has 1 aliphatic rings. The third-order valence-corrected chi connectivity index (χ3v) is 6.24. The second-order valence-electron chi connectivity index (χ2n) is 8.40. The van der Waals surface area contributed by atoms with E-state index in [1.165, 1.54) is 12.4 Å². The number of halogens is 6. The minimum atomic E-state index is -5.71. The lowest BCUT2D eigenvalue weighted by Gasteiger charge is -2.22. The van der Waals surface area contributed by atoms with Gasteiger partial charge in [0.25, 0.3) is 0 Å². The van der Waals surface area contributed by atoms with Gasteiger partial charge >= 0.3 is 12.1 Å². The first-order chi connectivity index (χ1) is 17.3. The van der Waals surface area contributed by atoms with E-state index in [1.54, 1.807) is 19.1 Å². The first kappa shape index (κ1) is 24.7. The Morgan fingerprint density at radius 3 is 2.57 bits per heavy atom. The second kappa shape index (κ2) is 8.26. The highest BCUT2D eigenvalue weighted by atomic mass is 35.5. The van der Waals surface area contributed by atoms with Crippen molar-refractivity contribution in [1.82, 2.24) is 34.5 Å². The molecule has 1 unspecified atom stereocenters. The van der Waals surface area contributed by atoms with E-state index in [0.717, 1.165) is 10.8 Å². The fourth-order valence-electron chi connectivity index (χ4n) is 4.02. The average molecular weight is 540 g/mol. The molecule has 5 rings (SSSR count). The lowest BCUT2D eigenvalue weighted by Crippen LogP contribution is -2.36. The SMILES string of the molecule is CC1(c2ccc(Cl)cn2)C(=O)Nc2nc(-c3cn4ncnc4c(CCC(F)(F)C(F)(F)F)n3)nc(N)c21. The molecule has 1 amide bonds. The minimum Gasteiger partial charge on any atom is -0.383 e. The summed E-state index contributed by atoms with van der Waals surface area (Å²) in [7, 11) is 0. The van der Waals surface area contributed by atoms with Crippen molar-refractivity contribution in [2.24, 2.45) is 0 Å². The van der Waals surface area contributed by atoms with Crippen LogP contribution in [-0.4, -0.2) is 52.5 Å². The monoisotopic (exact) mass is 539 g/mol. The number of fused-ring (bicyclic) bond motifs is 2. The maximum atomic E-state index is 13.6. The van der Waals surface area contributed by atoms with Gasteiger partial charge in [0.1, 0.15) is 29.1 Å². The maximum Gasteiger partial charge on any atom is 0.453 e. The predicted molar refractivity (Wildman–Crippen MR) is 120 cm³/mol. The van der Waals surface area contributed by atoms with Gasteiger partial charge < -0.3 is 11.1 Å². The molecule has 0 spiro atoms. The van der Waals surface area contributed by atoms with Crippen LogP contribution in [-0.2, 0) is 16.6 Å². The van der Waals surface area contributed by atoms with E-state index in [1.807, 2.05) is 0 Å². The largest absolute Gasteiger partial charge is 0.453 e. The molecule has 5 heterocycles. The van der Waals surface area contributed by atoms with Crippen molar-refractivity contribution in [3.05, 3.63) is 52.8 Å². The van der Waals surface area contributed by atoms with Crippen molar-refractivity contribution in [3.8, 4) is 11.5 Å². The van der Waals surface area contributed by atoms with Crippen LogP contribution in [0.4, 0.5) is 33.6 Å². The molecule has 0 saturated heterocycles. The first-order valence-corrected chi connectivity index (χ1v) is 10.9.